The van der Waals surface area contributed by atoms with Crippen LogP contribution in [0.4, 0.5) is 0 Å². The van der Waals surface area contributed by atoms with Crippen LogP contribution in [-0.4, -0.2) is 43.4 Å². The zero-order valence-electron chi connectivity index (χ0n) is 11.2. The van der Waals surface area contributed by atoms with Crippen LogP contribution >= 0.6 is 0 Å². The summed E-state index contributed by atoms with van der Waals surface area (Å²) < 4.78 is 4.83. The molecule has 1 amide bonds. The maximum atomic E-state index is 12.0. The van der Waals surface area contributed by atoms with Crippen LogP contribution in [0.3, 0.4) is 0 Å². The number of aliphatic hydroxyl groups excluding tert-OH is 1. The van der Waals surface area contributed by atoms with Gasteiger partial charge in [-0.3, -0.25) is 4.79 Å². The van der Waals surface area contributed by atoms with Gasteiger partial charge in [0.1, 0.15) is 0 Å². The van der Waals surface area contributed by atoms with Gasteiger partial charge in [0.15, 0.2) is 0 Å². The number of carbonyl (C=O) groups excluding carboxylic acids is 1. The molecule has 4 N–H and O–H groups in total. The van der Waals surface area contributed by atoms with E-state index in [4.69, 9.17) is 10.5 Å². The van der Waals surface area contributed by atoms with Crippen LogP contribution in [0.5, 0.6) is 0 Å². The Bertz CT molecular complexity index is 248. The van der Waals surface area contributed by atoms with Crippen LogP contribution in [0.2, 0.25) is 0 Å². The molecule has 0 heterocycles. The Morgan fingerprint density at radius 1 is 1.44 bits per heavy atom. The largest absolute Gasteiger partial charge is 0.391 e. The molecule has 0 aromatic rings. The van der Waals surface area contributed by atoms with Crippen molar-refractivity contribution in [3.8, 4) is 0 Å². The van der Waals surface area contributed by atoms with E-state index >= 15 is 0 Å². The van der Waals surface area contributed by atoms with E-state index in [1.165, 1.54) is 6.42 Å². The fraction of sp³-hybridized carbons (Fsp3) is 0.923. The molecule has 0 aliphatic heterocycles. The van der Waals surface area contributed by atoms with Gasteiger partial charge in [-0.05, 0) is 19.3 Å². The van der Waals surface area contributed by atoms with Gasteiger partial charge in [0.05, 0.1) is 18.6 Å². The number of amides is 1. The van der Waals surface area contributed by atoms with Gasteiger partial charge in [-0.15, -0.1) is 0 Å². The Balaban J connectivity index is 2.26. The molecule has 0 bridgehead atoms. The molecule has 1 saturated carbocycles. The first kappa shape index (κ1) is 15.4. The first-order chi connectivity index (χ1) is 8.65. The SMILES string of the molecule is COCC(O)CCNC(=O)C1CCCCCC1N. The summed E-state index contributed by atoms with van der Waals surface area (Å²) in [5.74, 6) is -0.0268. The van der Waals surface area contributed by atoms with Crippen molar-refractivity contribution in [1.82, 2.24) is 5.32 Å². The van der Waals surface area contributed by atoms with Crippen molar-refractivity contribution in [2.24, 2.45) is 11.7 Å². The summed E-state index contributed by atoms with van der Waals surface area (Å²) in [6.45, 7) is 0.783. The summed E-state index contributed by atoms with van der Waals surface area (Å²) in [4.78, 5) is 12.0. The molecule has 1 aliphatic rings. The van der Waals surface area contributed by atoms with Crippen molar-refractivity contribution in [2.45, 2.75) is 50.7 Å². The quantitative estimate of drug-likeness (QED) is 0.602. The van der Waals surface area contributed by atoms with Crippen molar-refractivity contribution < 1.29 is 14.6 Å². The maximum Gasteiger partial charge on any atom is 0.224 e. The molecule has 5 nitrogen and oxygen atoms in total. The number of hydrogen-bond donors (Lipinski definition) is 3. The fourth-order valence-electron chi connectivity index (χ4n) is 2.43. The minimum Gasteiger partial charge on any atom is -0.391 e. The molecule has 0 saturated heterocycles. The Morgan fingerprint density at radius 3 is 2.89 bits per heavy atom. The number of nitrogens with one attached hydrogen (secondary N) is 1. The summed E-state index contributed by atoms with van der Waals surface area (Å²) in [6.07, 6.45) is 5.19. The van der Waals surface area contributed by atoms with Gasteiger partial charge in [0.25, 0.3) is 0 Å². The van der Waals surface area contributed by atoms with Crippen molar-refractivity contribution in [3.63, 3.8) is 0 Å². The molecular formula is C13H26N2O3. The van der Waals surface area contributed by atoms with Gasteiger partial charge in [0.2, 0.25) is 5.91 Å². The predicted octanol–water partition coefficient (Wildman–Crippen LogP) is 0.408. The van der Waals surface area contributed by atoms with Crippen LogP contribution in [0, 0.1) is 5.92 Å². The zero-order chi connectivity index (χ0) is 13.4. The van der Waals surface area contributed by atoms with Gasteiger partial charge in [-0.1, -0.05) is 19.3 Å². The summed E-state index contributed by atoms with van der Waals surface area (Å²) >= 11 is 0. The average Bonchev–Trinajstić information content (AvgIpc) is 2.54. The second kappa shape index (κ2) is 8.45. The van der Waals surface area contributed by atoms with E-state index in [-0.39, 0.29) is 17.9 Å². The normalized spacial score (nSPS) is 26.4. The summed E-state index contributed by atoms with van der Waals surface area (Å²) in [5.41, 5.74) is 6.03. The van der Waals surface area contributed by atoms with Crippen molar-refractivity contribution in [1.29, 1.82) is 0 Å². The van der Waals surface area contributed by atoms with Gasteiger partial charge in [0, 0.05) is 19.7 Å². The van der Waals surface area contributed by atoms with Gasteiger partial charge >= 0.3 is 0 Å². The van der Waals surface area contributed by atoms with E-state index in [1.807, 2.05) is 0 Å². The summed E-state index contributed by atoms with van der Waals surface area (Å²) in [7, 11) is 1.55. The van der Waals surface area contributed by atoms with E-state index in [0.29, 0.717) is 19.6 Å². The molecule has 3 atom stereocenters. The van der Waals surface area contributed by atoms with Crippen molar-refractivity contribution in [3.05, 3.63) is 0 Å². The molecule has 1 aliphatic carbocycles. The molecule has 0 aromatic carbocycles. The average molecular weight is 258 g/mol. The minimum absolute atomic E-state index is 0.0172. The number of hydrogen-bond acceptors (Lipinski definition) is 4. The minimum atomic E-state index is -0.516. The number of methoxy groups -OCH3 is 1. The Labute approximate surface area is 109 Å². The van der Waals surface area contributed by atoms with Crippen LogP contribution in [0.15, 0.2) is 0 Å². The highest BCUT2D eigenvalue weighted by Gasteiger charge is 2.26. The van der Waals surface area contributed by atoms with E-state index in [2.05, 4.69) is 5.32 Å². The van der Waals surface area contributed by atoms with Gasteiger partial charge < -0.3 is 20.9 Å². The van der Waals surface area contributed by atoms with Crippen LogP contribution < -0.4 is 11.1 Å². The first-order valence-corrected chi connectivity index (χ1v) is 6.85. The number of carbonyl (C=O) groups is 1. The molecule has 0 spiro atoms. The van der Waals surface area contributed by atoms with Crippen LogP contribution in [0.1, 0.15) is 38.5 Å². The smallest absolute Gasteiger partial charge is 0.224 e. The second-order valence-electron chi connectivity index (χ2n) is 5.10. The highest BCUT2D eigenvalue weighted by molar-refractivity contribution is 5.79. The lowest BCUT2D eigenvalue weighted by Gasteiger charge is -2.20. The highest BCUT2D eigenvalue weighted by Crippen LogP contribution is 2.22. The highest BCUT2D eigenvalue weighted by atomic mass is 16.5. The second-order valence-corrected chi connectivity index (χ2v) is 5.10. The van der Waals surface area contributed by atoms with Gasteiger partial charge in [-0.25, -0.2) is 0 Å². The molecule has 5 heteroatoms. The lowest BCUT2D eigenvalue weighted by Crippen LogP contribution is -2.42. The molecule has 0 radical (unpaired) electrons. The van der Waals surface area contributed by atoms with E-state index < -0.39 is 6.10 Å². The Kier molecular flexibility index (Phi) is 7.23. The van der Waals surface area contributed by atoms with Crippen molar-refractivity contribution in [2.75, 3.05) is 20.3 Å². The van der Waals surface area contributed by atoms with E-state index in [1.54, 1.807) is 7.11 Å². The summed E-state index contributed by atoms with van der Waals surface area (Å²) in [6, 6.07) is -0.0172. The van der Waals surface area contributed by atoms with E-state index in [0.717, 1.165) is 25.7 Å². The van der Waals surface area contributed by atoms with Crippen molar-refractivity contribution >= 4 is 5.91 Å². The maximum absolute atomic E-state index is 12.0. The Morgan fingerprint density at radius 2 is 2.17 bits per heavy atom. The molecule has 1 rings (SSSR count). The molecular weight excluding hydrogens is 232 g/mol. The molecule has 106 valence electrons. The van der Waals surface area contributed by atoms with E-state index in [9.17, 15) is 9.90 Å². The van der Waals surface area contributed by atoms with Crippen LogP contribution in [-0.2, 0) is 9.53 Å². The van der Waals surface area contributed by atoms with Gasteiger partial charge in [-0.2, -0.15) is 0 Å². The predicted molar refractivity (Wildman–Crippen MR) is 70.1 cm³/mol. The lowest BCUT2D eigenvalue weighted by atomic mass is 9.94. The first-order valence-electron chi connectivity index (χ1n) is 6.85. The number of aliphatic hydroxyl groups is 1. The van der Waals surface area contributed by atoms with Crippen LogP contribution in [0.25, 0.3) is 0 Å². The third kappa shape index (κ3) is 5.33. The molecule has 0 aromatic heterocycles. The number of ether oxygens (including phenoxy) is 1. The lowest BCUT2D eigenvalue weighted by molar-refractivity contribution is -0.125. The zero-order valence-corrected chi connectivity index (χ0v) is 11.2. The number of rotatable bonds is 6. The molecule has 18 heavy (non-hydrogen) atoms. The standard InChI is InChI=1S/C13H26N2O3/c1-18-9-10(16)7-8-15-13(17)11-5-3-2-4-6-12(11)14/h10-12,16H,2-9,14H2,1H3,(H,15,17). The molecule has 1 fully saturated rings. The third-order valence-electron chi connectivity index (χ3n) is 3.54. The molecule has 3 unspecified atom stereocenters. The topological polar surface area (TPSA) is 84.6 Å². The summed E-state index contributed by atoms with van der Waals surface area (Å²) in [5, 5.41) is 12.3. The number of nitrogens with two attached hydrogens (primary N) is 1. The third-order valence-corrected chi connectivity index (χ3v) is 3.54. The fourth-order valence-corrected chi connectivity index (χ4v) is 2.43. The monoisotopic (exact) mass is 258 g/mol. The Hall–Kier alpha value is -0.650.